The van der Waals surface area contributed by atoms with Crippen LogP contribution in [0.25, 0.3) is 5.69 Å². The molecule has 0 spiro atoms. The number of amidine groups is 1. The van der Waals surface area contributed by atoms with E-state index in [0.29, 0.717) is 11.2 Å². The minimum Gasteiger partial charge on any atom is -0.497 e. The van der Waals surface area contributed by atoms with Gasteiger partial charge < -0.3 is 4.74 Å². The molecule has 0 atom stereocenters. The summed E-state index contributed by atoms with van der Waals surface area (Å²) in [6.45, 7) is 0.626. The number of methoxy groups -OCH3 is 1. The van der Waals surface area contributed by atoms with E-state index >= 15 is 0 Å². The van der Waals surface area contributed by atoms with Gasteiger partial charge in [-0.05, 0) is 29.8 Å². The SMILES string of the molecule is COc1ccc(CN2NNN=C2c2c[nH]n(-c3ccccc3)c2=S)cc1. The maximum absolute atomic E-state index is 5.65. The van der Waals surface area contributed by atoms with Gasteiger partial charge in [0.25, 0.3) is 0 Å². The van der Waals surface area contributed by atoms with Crippen molar-refractivity contribution in [2.24, 2.45) is 5.10 Å². The van der Waals surface area contributed by atoms with E-state index in [4.69, 9.17) is 17.0 Å². The number of aromatic amines is 1. The van der Waals surface area contributed by atoms with Gasteiger partial charge in [-0.3, -0.25) is 10.1 Å². The van der Waals surface area contributed by atoms with Gasteiger partial charge in [-0.1, -0.05) is 42.5 Å². The van der Waals surface area contributed by atoms with Crippen LogP contribution in [0.3, 0.4) is 0 Å². The van der Waals surface area contributed by atoms with Gasteiger partial charge in [0, 0.05) is 6.20 Å². The van der Waals surface area contributed by atoms with E-state index in [1.54, 1.807) is 7.11 Å². The minimum absolute atomic E-state index is 0.626. The van der Waals surface area contributed by atoms with Crippen molar-refractivity contribution < 1.29 is 4.74 Å². The molecule has 0 aliphatic carbocycles. The summed E-state index contributed by atoms with van der Waals surface area (Å²) in [5.41, 5.74) is 8.78. The summed E-state index contributed by atoms with van der Waals surface area (Å²) in [5.74, 6) is 1.56. The molecule has 2 heterocycles. The van der Waals surface area contributed by atoms with Crippen LogP contribution in [0.15, 0.2) is 65.9 Å². The Hall–Kier alpha value is -3.10. The molecule has 1 aliphatic rings. The highest BCUT2D eigenvalue weighted by Crippen LogP contribution is 2.17. The number of hydrogen-bond acceptors (Lipinski definition) is 6. The second-order valence-corrected chi connectivity index (χ2v) is 6.14. The lowest BCUT2D eigenvalue weighted by molar-refractivity contribution is 0.288. The first-order valence-corrected chi connectivity index (χ1v) is 8.52. The first kappa shape index (κ1) is 16.4. The number of para-hydroxylation sites is 1. The zero-order chi connectivity index (χ0) is 17.9. The maximum Gasteiger partial charge on any atom is 0.177 e. The average molecular weight is 366 g/mol. The van der Waals surface area contributed by atoms with Crippen LogP contribution in [0, 0.1) is 4.64 Å². The Kier molecular flexibility index (Phi) is 4.42. The number of ether oxygens (including phenoxy) is 1. The molecule has 0 amide bonds. The highest BCUT2D eigenvalue weighted by molar-refractivity contribution is 7.71. The fourth-order valence-corrected chi connectivity index (χ4v) is 3.09. The maximum atomic E-state index is 5.65. The molecule has 4 rings (SSSR count). The van der Waals surface area contributed by atoms with Gasteiger partial charge in [0.1, 0.15) is 10.4 Å². The molecule has 132 valence electrons. The lowest BCUT2D eigenvalue weighted by Gasteiger charge is -2.18. The number of hydrogen-bond donors (Lipinski definition) is 3. The lowest BCUT2D eigenvalue weighted by atomic mass is 10.2. The molecule has 1 aromatic heterocycles. The molecule has 0 fully saturated rings. The van der Waals surface area contributed by atoms with Crippen LogP contribution >= 0.6 is 12.2 Å². The zero-order valence-electron chi connectivity index (χ0n) is 14.1. The van der Waals surface area contributed by atoms with E-state index in [1.807, 2.05) is 70.5 Å². The van der Waals surface area contributed by atoms with Crippen LogP contribution in [0.5, 0.6) is 5.75 Å². The summed E-state index contributed by atoms with van der Waals surface area (Å²) in [6, 6.07) is 17.8. The van der Waals surface area contributed by atoms with E-state index < -0.39 is 0 Å². The van der Waals surface area contributed by atoms with Crippen LogP contribution in [-0.4, -0.2) is 27.7 Å². The van der Waals surface area contributed by atoms with Gasteiger partial charge in [0.05, 0.1) is 24.9 Å². The molecular formula is C18H18N6OS. The van der Waals surface area contributed by atoms with Crippen molar-refractivity contribution in [1.82, 2.24) is 25.9 Å². The fraction of sp³-hybridized carbons (Fsp3) is 0.111. The van der Waals surface area contributed by atoms with Crippen molar-refractivity contribution in [2.75, 3.05) is 7.11 Å². The largest absolute Gasteiger partial charge is 0.497 e. The number of nitrogens with zero attached hydrogens (tertiary/aromatic N) is 3. The van der Waals surface area contributed by atoms with Gasteiger partial charge in [-0.15, -0.1) is 10.6 Å². The van der Waals surface area contributed by atoms with E-state index in [0.717, 1.165) is 28.4 Å². The summed E-state index contributed by atoms with van der Waals surface area (Å²) in [4.78, 5) is 0. The van der Waals surface area contributed by atoms with Gasteiger partial charge in [-0.25, -0.2) is 10.2 Å². The Morgan fingerprint density at radius 3 is 2.58 bits per heavy atom. The number of hydrazone groups is 1. The molecule has 0 radical (unpaired) electrons. The second kappa shape index (κ2) is 7.03. The Morgan fingerprint density at radius 2 is 1.85 bits per heavy atom. The van der Waals surface area contributed by atoms with Gasteiger partial charge >= 0.3 is 0 Å². The molecule has 3 N–H and O–H groups in total. The Balaban J connectivity index is 1.59. The van der Waals surface area contributed by atoms with E-state index in [9.17, 15) is 0 Å². The highest BCUT2D eigenvalue weighted by Gasteiger charge is 2.22. The molecular weight excluding hydrogens is 348 g/mol. The normalized spacial score (nSPS) is 13.4. The number of H-pyrrole nitrogens is 1. The topological polar surface area (TPSA) is 69.6 Å². The minimum atomic E-state index is 0.626. The molecule has 0 saturated heterocycles. The Bertz CT molecular complexity index is 977. The van der Waals surface area contributed by atoms with Crippen molar-refractivity contribution in [1.29, 1.82) is 0 Å². The summed E-state index contributed by atoms with van der Waals surface area (Å²) >= 11 is 5.65. The zero-order valence-corrected chi connectivity index (χ0v) is 15.0. The summed E-state index contributed by atoms with van der Waals surface area (Å²) in [6.07, 6.45) is 1.86. The van der Waals surface area contributed by atoms with E-state index in [2.05, 4.69) is 21.3 Å². The van der Waals surface area contributed by atoms with Crippen LogP contribution in [0.2, 0.25) is 0 Å². The van der Waals surface area contributed by atoms with Crippen molar-refractivity contribution in [3.63, 3.8) is 0 Å². The molecule has 26 heavy (non-hydrogen) atoms. The summed E-state index contributed by atoms with van der Waals surface area (Å²) in [7, 11) is 1.66. The number of rotatable bonds is 5. The third-order valence-electron chi connectivity index (χ3n) is 4.13. The van der Waals surface area contributed by atoms with Crippen LogP contribution in [0.1, 0.15) is 11.1 Å². The van der Waals surface area contributed by atoms with Crippen LogP contribution < -0.4 is 15.8 Å². The molecule has 3 aromatic rings. The quantitative estimate of drug-likeness (QED) is 0.606. The smallest absolute Gasteiger partial charge is 0.177 e. The summed E-state index contributed by atoms with van der Waals surface area (Å²) < 4.78 is 7.73. The first-order valence-electron chi connectivity index (χ1n) is 8.11. The Labute approximate surface area is 155 Å². The van der Waals surface area contributed by atoms with E-state index in [1.165, 1.54) is 0 Å². The number of nitrogens with one attached hydrogen (secondary N) is 3. The second-order valence-electron chi connectivity index (χ2n) is 5.76. The van der Waals surface area contributed by atoms with Crippen LogP contribution in [0.4, 0.5) is 0 Å². The fourth-order valence-electron chi connectivity index (χ4n) is 2.78. The first-order chi connectivity index (χ1) is 12.8. The predicted octanol–water partition coefficient (Wildman–Crippen LogP) is 2.73. The molecule has 1 aliphatic heterocycles. The molecule has 0 bridgehead atoms. The number of aromatic nitrogens is 2. The molecule has 7 nitrogen and oxygen atoms in total. The monoisotopic (exact) mass is 366 g/mol. The lowest BCUT2D eigenvalue weighted by Crippen LogP contribution is -2.40. The van der Waals surface area contributed by atoms with Crippen molar-refractivity contribution in [2.45, 2.75) is 6.54 Å². The van der Waals surface area contributed by atoms with Gasteiger partial charge in [0.15, 0.2) is 5.84 Å². The Morgan fingerprint density at radius 1 is 1.08 bits per heavy atom. The standard InChI is InChI=1S/C18H18N6OS/c1-25-15-9-7-13(8-10-15)12-23-17(20-21-22-23)16-11-19-24(18(16)26)14-5-3-2-4-6-14/h2-11,19,21-22H,12H2,1H3. The molecule has 2 aromatic carbocycles. The van der Waals surface area contributed by atoms with Crippen LogP contribution in [-0.2, 0) is 6.54 Å². The predicted molar refractivity (Wildman–Crippen MR) is 102 cm³/mol. The summed E-state index contributed by atoms with van der Waals surface area (Å²) in [5, 5.41) is 9.45. The third kappa shape index (κ3) is 3.07. The molecule has 0 saturated carbocycles. The van der Waals surface area contributed by atoms with Crippen molar-refractivity contribution in [3.8, 4) is 11.4 Å². The number of benzene rings is 2. The third-order valence-corrected chi connectivity index (χ3v) is 4.53. The number of hydrazine groups is 2. The average Bonchev–Trinajstić information content (AvgIpc) is 3.29. The molecule has 8 heteroatoms. The van der Waals surface area contributed by atoms with Gasteiger partial charge in [-0.2, -0.15) is 0 Å². The highest BCUT2D eigenvalue weighted by atomic mass is 32.1. The van der Waals surface area contributed by atoms with Gasteiger partial charge in [0.2, 0.25) is 0 Å². The van der Waals surface area contributed by atoms with E-state index in [-0.39, 0.29) is 0 Å². The van der Waals surface area contributed by atoms with Crippen molar-refractivity contribution >= 4 is 18.1 Å². The van der Waals surface area contributed by atoms with Crippen molar-refractivity contribution in [3.05, 3.63) is 76.6 Å². The molecule has 0 unspecified atom stereocenters.